The van der Waals surface area contributed by atoms with Gasteiger partial charge in [0.1, 0.15) is 9.71 Å². The number of amides is 1. The smallest absolute Gasteiger partial charge is 0.267 e. The van der Waals surface area contributed by atoms with Gasteiger partial charge >= 0.3 is 0 Å². The van der Waals surface area contributed by atoms with Gasteiger partial charge in [0, 0.05) is 11.1 Å². The van der Waals surface area contributed by atoms with E-state index in [0.717, 1.165) is 35.2 Å². The van der Waals surface area contributed by atoms with Crippen molar-refractivity contribution >= 4 is 50.4 Å². The summed E-state index contributed by atoms with van der Waals surface area (Å²) in [5.41, 5.74) is 9.75. The second-order valence-corrected chi connectivity index (χ2v) is 7.98. The first-order chi connectivity index (χ1) is 12.0. The molecule has 0 saturated carbocycles. The second kappa shape index (κ2) is 6.32. The van der Waals surface area contributed by atoms with Crippen molar-refractivity contribution in [1.29, 1.82) is 0 Å². The van der Waals surface area contributed by atoms with E-state index in [1.54, 1.807) is 12.1 Å². The second-order valence-electron chi connectivity index (χ2n) is 6.57. The number of halogens is 1. The van der Waals surface area contributed by atoms with Crippen LogP contribution in [-0.2, 0) is 12.8 Å². The number of nitrogens with one attached hydrogen (secondary N) is 1. The Bertz CT molecular complexity index is 982. The monoisotopic (exact) mass is 371 g/mol. The van der Waals surface area contributed by atoms with E-state index in [0.29, 0.717) is 27.2 Å². The van der Waals surface area contributed by atoms with Crippen LogP contribution in [0.15, 0.2) is 30.3 Å². The van der Waals surface area contributed by atoms with Crippen molar-refractivity contribution in [3.05, 3.63) is 51.5 Å². The zero-order valence-corrected chi connectivity index (χ0v) is 15.4. The molecular weight excluding hydrogens is 354 g/mol. The largest absolute Gasteiger partial charge is 0.397 e. The quantitative estimate of drug-likeness (QED) is 0.672. The van der Waals surface area contributed by atoms with E-state index >= 15 is 0 Å². The van der Waals surface area contributed by atoms with Crippen LogP contribution in [0, 0.1) is 5.92 Å². The van der Waals surface area contributed by atoms with Crippen molar-refractivity contribution in [1.82, 2.24) is 4.98 Å². The molecule has 1 aliphatic carbocycles. The van der Waals surface area contributed by atoms with Crippen molar-refractivity contribution in [2.75, 3.05) is 11.1 Å². The normalized spacial score (nSPS) is 16.6. The summed E-state index contributed by atoms with van der Waals surface area (Å²) in [4.78, 5) is 18.7. The molecule has 1 amide bonds. The molecule has 0 fully saturated rings. The number of hydrogen-bond acceptors (Lipinski definition) is 4. The number of rotatable bonds is 2. The zero-order chi connectivity index (χ0) is 17.6. The molecule has 0 bridgehead atoms. The summed E-state index contributed by atoms with van der Waals surface area (Å²) in [6.07, 6.45) is 3.17. The van der Waals surface area contributed by atoms with Crippen LogP contribution in [0.1, 0.15) is 34.3 Å². The number of nitrogen functional groups attached to an aromatic ring is 1. The fraction of sp³-hybridized carbons (Fsp3) is 0.263. The summed E-state index contributed by atoms with van der Waals surface area (Å²) < 4.78 is 0. The molecule has 1 aromatic carbocycles. The molecule has 4 rings (SSSR count). The molecule has 1 unspecified atom stereocenters. The van der Waals surface area contributed by atoms with Crippen LogP contribution < -0.4 is 11.1 Å². The van der Waals surface area contributed by atoms with E-state index in [2.05, 4.69) is 18.3 Å². The van der Waals surface area contributed by atoms with E-state index < -0.39 is 0 Å². The van der Waals surface area contributed by atoms with Gasteiger partial charge in [-0.25, -0.2) is 4.98 Å². The number of thiophene rings is 1. The number of anilines is 2. The molecule has 4 nitrogen and oxygen atoms in total. The van der Waals surface area contributed by atoms with E-state index in [9.17, 15) is 4.79 Å². The van der Waals surface area contributed by atoms with Crippen molar-refractivity contribution < 1.29 is 4.79 Å². The number of fused-ring (bicyclic) bond motifs is 2. The number of aromatic nitrogens is 1. The topological polar surface area (TPSA) is 68.0 Å². The summed E-state index contributed by atoms with van der Waals surface area (Å²) in [6.45, 7) is 2.26. The molecule has 0 spiro atoms. The van der Waals surface area contributed by atoms with Gasteiger partial charge in [-0.2, -0.15) is 0 Å². The molecule has 0 radical (unpaired) electrons. The first-order valence-electron chi connectivity index (χ1n) is 8.29. The van der Waals surface area contributed by atoms with Crippen LogP contribution in [-0.4, -0.2) is 10.9 Å². The average molecular weight is 372 g/mol. The average Bonchev–Trinajstić information content (AvgIpc) is 2.91. The molecular formula is C19H18ClN3OS. The molecule has 3 aromatic rings. The summed E-state index contributed by atoms with van der Waals surface area (Å²) in [7, 11) is 0. The lowest BCUT2D eigenvalue weighted by atomic mass is 9.87. The molecule has 2 aromatic heterocycles. The molecule has 25 heavy (non-hydrogen) atoms. The van der Waals surface area contributed by atoms with E-state index in [1.165, 1.54) is 16.9 Å². The highest BCUT2D eigenvalue weighted by Crippen LogP contribution is 2.36. The highest BCUT2D eigenvalue weighted by Gasteiger charge is 2.22. The van der Waals surface area contributed by atoms with Gasteiger partial charge in [0.05, 0.1) is 16.4 Å². The number of para-hydroxylation sites is 1. The molecule has 1 aliphatic rings. The van der Waals surface area contributed by atoms with Crippen molar-refractivity contribution in [3.8, 4) is 0 Å². The van der Waals surface area contributed by atoms with Gasteiger partial charge in [0.25, 0.3) is 5.91 Å². The lowest BCUT2D eigenvalue weighted by Crippen LogP contribution is -2.13. The summed E-state index contributed by atoms with van der Waals surface area (Å²) >= 11 is 7.46. The summed E-state index contributed by atoms with van der Waals surface area (Å²) in [5, 5.41) is 4.21. The highest BCUT2D eigenvalue weighted by atomic mass is 35.5. The fourth-order valence-electron chi connectivity index (χ4n) is 3.28. The lowest BCUT2D eigenvalue weighted by Gasteiger charge is -2.20. The van der Waals surface area contributed by atoms with E-state index in [1.807, 2.05) is 12.1 Å². The van der Waals surface area contributed by atoms with Crippen LogP contribution in [0.25, 0.3) is 10.2 Å². The van der Waals surface area contributed by atoms with Crippen LogP contribution in [0.4, 0.5) is 11.4 Å². The molecule has 6 heteroatoms. The highest BCUT2D eigenvalue weighted by molar-refractivity contribution is 7.21. The Morgan fingerprint density at radius 3 is 3.00 bits per heavy atom. The molecule has 128 valence electrons. The number of pyridine rings is 1. The molecule has 3 N–H and O–H groups in total. The van der Waals surface area contributed by atoms with Gasteiger partial charge in [-0.15, -0.1) is 11.3 Å². The van der Waals surface area contributed by atoms with Crippen LogP contribution in [0.3, 0.4) is 0 Å². The molecule has 0 aliphatic heterocycles. The first kappa shape index (κ1) is 16.4. The van der Waals surface area contributed by atoms with Gasteiger partial charge in [0.15, 0.2) is 0 Å². The van der Waals surface area contributed by atoms with Gasteiger partial charge < -0.3 is 11.1 Å². The van der Waals surface area contributed by atoms with Crippen molar-refractivity contribution in [2.24, 2.45) is 5.92 Å². The third-order valence-electron chi connectivity index (χ3n) is 4.66. The molecule has 1 atom stereocenters. The first-order valence-corrected chi connectivity index (χ1v) is 9.49. The number of nitrogens with two attached hydrogens (primary N) is 1. The third-order valence-corrected chi connectivity index (χ3v) is 6.10. The van der Waals surface area contributed by atoms with Crippen LogP contribution in [0.5, 0.6) is 0 Å². The van der Waals surface area contributed by atoms with Gasteiger partial charge in [-0.1, -0.05) is 30.7 Å². The lowest BCUT2D eigenvalue weighted by molar-refractivity contribution is 0.103. The minimum absolute atomic E-state index is 0.250. The maximum atomic E-state index is 12.7. The van der Waals surface area contributed by atoms with Crippen LogP contribution >= 0.6 is 22.9 Å². The van der Waals surface area contributed by atoms with Crippen molar-refractivity contribution in [3.63, 3.8) is 0 Å². The Hall–Kier alpha value is -2.11. The predicted octanol–water partition coefficient (Wildman–Crippen LogP) is 4.91. The zero-order valence-electron chi connectivity index (χ0n) is 13.8. The van der Waals surface area contributed by atoms with E-state index in [-0.39, 0.29) is 5.91 Å². The number of nitrogens with zero attached hydrogens (tertiary/aromatic N) is 1. The number of carbonyl (C=O) groups excluding carboxylic acids is 1. The minimum Gasteiger partial charge on any atom is -0.397 e. The Balaban J connectivity index is 1.72. The van der Waals surface area contributed by atoms with Gasteiger partial charge in [0.2, 0.25) is 0 Å². The SMILES string of the molecule is CC1CCc2nc3sc(C(=O)Nc4ccccc4Cl)c(N)c3cc2C1. The summed E-state index contributed by atoms with van der Waals surface area (Å²) in [6, 6.07) is 9.27. The molecule has 0 saturated heterocycles. The Kier molecular flexibility index (Phi) is 4.13. The van der Waals surface area contributed by atoms with Gasteiger partial charge in [-0.05, 0) is 48.9 Å². The Morgan fingerprint density at radius 2 is 2.20 bits per heavy atom. The summed E-state index contributed by atoms with van der Waals surface area (Å²) in [5.74, 6) is 0.412. The number of aryl methyl sites for hydroxylation is 1. The fourth-order valence-corrected chi connectivity index (χ4v) is 4.46. The predicted molar refractivity (Wildman–Crippen MR) is 105 cm³/mol. The van der Waals surface area contributed by atoms with Crippen LogP contribution in [0.2, 0.25) is 5.02 Å². The third kappa shape index (κ3) is 2.98. The molecule has 2 heterocycles. The Morgan fingerprint density at radius 1 is 1.40 bits per heavy atom. The maximum Gasteiger partial charge on any atom is 0.267 e. The number of hydrogen-bond donors (Lipinski definition) is 2. The number of benzene rings is 1. The van der Waals surface area contributed by atoms with Gasteiger partial charge in [-0.3, -0.25) is 4.79 Å². The maximum absolute atomic E-state index is 12.7. The minimum atomic E-state index is -0.250. The van der Waals surface area contributed by atoms with E-state index in [4.69, 9.17) is 22.3 Å². The Labute approximate surface area is 155 Å². The van der Waals surface area contributed by atoms with Crippen molar-refractivity contribution in [2.45, 2.75) is 26.2 Å². The standard InChI is InChI=1S/C19H18ClN3OS/c1-10-6-7-14-11(8-10)9-12-16(21)17(25-19(12)23-14)18(24)22-15-5-3-2-4-13(15)20/h2-5,9-10H,6-8,21H2,1H3,(H,22,24). The number of carbonyl (C=O) groups is 1.